The highest BCUT2D eigenvalue weighted by molar-refractivity contribution is 6.07. The summed E-state index contributed by atoms with van der Waals surface area (Å²) in [6, 6.07) is 13.0. The lowest BCUT2D eigenvalue weighted by Gasteiger charge is -2.36. The highest BCUT2D eigenvalue weighted by atomic mass is 16.2. The molecule has 32 heavy (non-hydrogen) atoms. The third-order valence-corrected chi connectivity index (χ3v) is 6.77. The van der Waals surface area contributed by atoms with Gasteiger partial charge in [0.15, 0.2) is 0 Å². The lowest BCUT2D eigenvalue weighted by Crippen LogP contribution is -2.49. The van der Waals surface area contributed by atoms with Crippen LogP contribution in [0.4, 0.5) is 10.5 Å². The van der Waals surface area contributed by atoms with Gasteiger partial charge in [0.2, 0.25) is 0 Å². The minimum absolute atomic E-state index is 0.0187. The van der Waals surface area contributed by atoms with Gasteiger partial charge in [-0.25, -0.2) is 4.79 Å². The van der Waals surface area contributed by atoms with Crippen molar-refractivity contribution in [3.05, 3.63) is 64.7 Å². The van der Waals surface area contributed by atoms with E-state index in [1.165, 1.54) is 16.8 Å². The first-order valence-electron chi connectivity index (χ1n) is 11.1. The fraction of sp³-hybridized carbons (Fsp3) is 0.400. The van der Waals surface area contributed by atoms with Crippen LogP contribution in [0.2, 0.25) is 0 Å². The van der Waals surface area contributed by atoms with Crippen LogP contribution < -0.4 is 15.5 Å². The molecule has 0 bridgehead atoms. The van der Waals surface area contributed by atoms with Crippen molar-refractivity contribution in [3.63, 3.8) is 0 Å². The summed E-state index contributed by atoms with van der Waals surface area (Å²) >= 11 is 0. The summed E-state index contributed by atoms with van der Waals surface area (Å²) in [5.74, 6) is -0.525. The molecule has 0 aromatic heterocycles. The van der Waals surface area contributed by atoms with Gasteiger partial charge in [0, 0.05) is 37.4 Å². The average Bonchev–Trinajstić information content (AvgIpc) is 3.10. The summed E-state index contributed by atoms with van der Waals surface area (Å²) in [6.07, 6.45) is 0. The summed E-state index contributed by atoms with van der Waals surface area (Å²) < 4.78 is 0. The van der Waals surface area contributed by atoms with E-state index in [9.17, 15) is 14.4 Å². The number of nitrogens with one attached hydrogen (secondary N) is 2. The van der Waals surface area contributed by atoms with Crippen LogP contribution >= 0.6 is 0 Å². The van der Waals surface area contributed by atoms with Crippen LogP contribution in [0.3, 0.4) is 0 Å². The van der Waals surface area contributed by atoms with Crippen molar-refractivity contribution in [2.75, 3.05) is 31.1 Å². The molecular weight excluding hydrogens is 404 g/mol. The van der Waals surface area contributed by atoms with E-state index in [4.69, 9.17) is 0 Å². The van der Waals surface area contributed by atoms with E-state index in [0.29, 0.717) is 24.2 Å². The summed E-state index contributed by atoms with van der Waals surface area (Å²) in [7, 11) is 0. The van der Waals surface area contributed by atoms with Gasteiger partial charge in [-0.15, -0.1) is 0 Å². The van der Waals surface area contributed by atoms with E-state index in [1.54, 1.807) is 24.3 Å². The largest absolute Gasteiger partial charge is 0.368 e. The van der Waals surface area contributed by atoms with Gasteiger partial charge in [-0.05, 0) is 60.7 Å². The topological polar surface area (TPSA) is 81.8 Å². The number of amides is 4. The highest BCUT2D eigenvalue weighted by Gasteiger charge is 2.50. The van der Waals surface area contributed by atoms with E-state index in [-0.39, 0.29) is 17.7 Å². The first-order valence-corrected chi connectivity index (χ1v) is 11.1. The van der Waals surface area contributed by atoms with Crippen LogP contribution in [0, 0.1) is 19.8 Å². The maximum atomic E-state index is 13.1. The SMILES string of the molecule is Cc1ccc(N2CCN(C(=O)c3ccc(C4(C(C)C)NC(=O)NC4=O)cc3)CC2)cc1C. The third kappa shape index (κ3) is 3.72. The van der Waals surface area contributed by atoms with Crippen LogP contribution in [0.25, 0.3) is 0 Å². The standard InChI is InChI=1S/C25H30N4O3/c1-16(2)25(23(31)26-24(32)27-25)20-8-6-19(7-9-20)22(30)29-13-11-28(12-14-29)21-10-5-17(3)18(4)15-21/h5-10,15-16H,11-14H2,1-4H3,(H2,26,27,31,32). The fourth-order valence-corrected chi connectivity index (χ4v) is 4.56. The molecule has 2 aromatic carbocycles. The van der Waals surface area contributed by atoms with Crippen LogP contribution in [-0.2, 0) is 10.3 Å². The number of benzene rings is 2. The van der Waals surface area contributed by atoms with E-state index in [2.05, 4.69) is 47.6 Å². The van der Waals surface area contributed by atoms with Gasteiger partial charge in [-0.1, -0.05) is 32.0 Å². The number of urea groups is 1. The second kappa shape index (κ2) is 8.30. The summed E-state index contributed by atoms with van der Waals surface area (Å²) in [5, 5.41) is 5.10. The van der Waals surface area contributed by atoms with Crippen molar-refractivity contribution < 1.29 is 14.4 Å². The van der Waals surface area contributed by atoms with Crippen molar-refractivity contribution in [3.8, 4) is 0 Å². The molecule has 0 saturated carbocycles. The fourth-order valence-electron chi connectivity index (χ4n) is 4.56. The summed E-state index contributed by atoms with van der Waals surface area (Å²) in [6.45, 7) is 10.9. The van der Waals surface area contributed by atoms with Crippen molar-refractivity contribution in [1.82, 2.24) is 15.5 Å². The number of carbonyl (C=O) groups is 3. The van der Waals surface area contributed by atoms with Gasteiger partial charge in [0.05, 0.1) is 0 Å². The van der Waals surface area contributed by atoms with E-state index in [1.807, 2.05) is 18.7 Å². The maximum Gasteiger partial charge on any atom is 0.322 e. The molecule has 0 aliphatic carbocycles. The zero-order chi connectivity index (χ0) is 23.0. The molecule has 1 unspecified atom stereocenters. The second-order valence-corrected chi connectivity index (χ2v) is 9.00. The lowest BCUT2D eigenvalue weighted by atomic mass is 9.79. The normalized spacial score (nSPS) is 21.0. The van der Waals surface area contributed by atoms with Crippen molar-refractivity contribution in [1.29, 1.82) is 0 Å². The molecule has 168 valence electrons. The number of anilines is 1. The first kappa shape index (κ1) is 21.9. The van der Waals surface area contributed by atoms with Crippen molar-refractivity contribution >= 4 is 23.5 Å². The Morgan fingerprint density at radius 3 is 2.12 bits per heavy atom. The predicted molar refractivity (Wildman–Crippen MR) is 124 cm³/mol. The Bertz CT molecular complexity index is 1060. The quantitative estimate of drug-likeness (QED) is 0.725. The van der Waals surface area contributed by atoms with Gasteiger partial charge in [0.25, 0.3) is 11.8 Å². The number of imide groups is 1. The zero-order valence-electron chi connectivity index (χ0n) is 19.1. The van der Waals surface area contributed by atoms with Gasteiger partial charge < -0.3 is 15.1 Å². The minimum atomic E-state index is -1.11. The Labute approximate surface area is 188 Å². The van der Waals surface area contributed by atoms with Crippen LogP contribution in [0.15, 0.2) is 42.5 Å². The molecule has 2 aromatic rings. The summed E-state index contributed by atoms with van der Waals surface area (Å²) in [4.78, 5) is 41.6. The van der Waals surface area contributed by atoms with Gasteiger partial charge in [-0.2, -0.15) is 0 Å². The van der Waals surface area contributed by atoms with E-state index in [0.717, 1.165) is 13.1 Å². The molecule has 7 nitrogen and oxygen atoms in total. The zero-order valence-corrected chi connectivity index (χ0v) is 19.1. The summed E-state index contributed by atoms with van der Waals surface area (Å²) in [5.41, 5.74) is 3.88. The number of piperazine rings is 1. The molecule has 0 spiro atoms. The molecule has 0 radical (unpaired) electrons. The smallest absolute Gasteiger partial charge is 0.322 e. The monoisotopic (exact) mass is 434 g/mol. The van der Waals surface area contributed by atoms with Crippen LogP contribution in [0.5, 0.6) is 0 Å². The maximum absolute atomic E-state index is 13.1. The Hall–Kier alpha value is -3.35. The minimum Gasteiger partial charge on any atom is -0.368 e. The highest BCUT2D eigenvalue weighted by Crippen LogP contribution is 2.33. The molecular formula is C25H30N4O3. The van der Waals surface area contributed by atoms with Crippen LogP contribution in [-0.4, -0.2) is 48.9 Å². The molecule has 7 heteroatoms. The number of carbonyl (C=O) groups excluding carboxylic acids is 3. The molecule has 1 atom stereocenters. The molecule has 2 fully saturated rings. The number of hydrogen-bond donors (Lipinski definition) is 2. The molecule has 2 aliphatic heterocycles. The van der Waals surface area contributed by atoms with Crippen molar-refractivity contribution in [2.45, 2.75) is 33.2 Å². The molecule has 2 N–H and O–H groups in total. The Kier molecular flexibility index (Phi) is 5.67. The van der Waals surface area contributed by atoms with E-state index < -0.39 is 11.6 Å². The van der Waals surface area contributed by atoms with E-state index >= 15 is 0 Å². The molecule has 2 saturated heterocycles. The molecule has 4 amide bonds. The number of rotatable bonds is 4. The number of hydrogen-bond acceptors (Lipinski definition) is 4. The Morgan fingerprint density at radius 2 is 1.59 bits per heavy atom. The third-order valence-electron chi connectivity index (χ3n) is 6.77. The first-order chi connectivity index (χ1) is 15.2. The lowest BCUT2D eigenvalue weighted by molar-refractivity contribution is -0.125. The Morgan fingerprint density at radius 1 is 0.938 bits per heavy atom. The second-order valence-electron chi connectivity index (χ2n) is 9.00. The molecule has 4 rings (SSSR count). The molecule has 2 aliphatic rings. The average molecular weight is 435 g/mol. The Balaban J connectivity index is 1.45. The van der Waals surface area contributed by atoms with Gasteiger partial charge >= 0.3 is 6.03 Å². The predicted octanol–water partition coefficient (Wildman–Crippen LogP) is 2.96. The van der Waals surface area contributed by atoms with Crippen molar-refractivity contribution in [2.24, 2.45) is 5.92 Å². The number of nitrogens with zero attached hydrogens (tertiary/aromatic N) is 2. The van der Waals surface area contributed by atoms with Crippen LogP contribution in [0.1, 0.15) is 40.9 Å². The molecule has 2 heterocycles. The van der Waals surface area contributed by atoms with Gasteiger partial charge in [-0.3, -0.25) is 14.9 Å². The number of aryl methyl sites for hydroxylation is 2. The van der Waals surface area contributed by atoms with Gasteiger partial charge in [0.1, 0.15) is 5.54 Å².